The van der Waals surface area contributed by atoms with E-state index in [0.717, 1.165) is 4.90 Å². The van der Waals surface area contributed by atoms with Gasteiger partial charge in [0, 0.05) is 13.0 Å². The first-order valence-corrected chi connectivity index (χ1v) is 9.33. The van der Waals surface area contributed by atoms with Crippen molar-refractivity contribution in [1.29, 1.82) is 0 Å². The lowest BCUT2D eigenvalue weighted by Crippen LogP contribution is -2.39. The maximum atomic E-state index is 12.4. The number of aromatic hydroxyl groups is 1. The molecule has 3 amide bonds. The fourth-order valence-electron chi connectivity index (χ4n) is 2.35. The van der Waals surface area contributed by atoms with E-state index in [1.165, 1.54) is 12.1 Å². The number of nitrogens with zero attached hydrogens (tertiary/aromatic N) is 1. The van der Waals surface area contributed by atoms with Crippen LogP contribution in [0.5, 0.6) is 11.5 Å². The highest BCUT2D eigenvalue weighted by molar-refractivity contribution is 8.18. The van der Waals surface area contributed by atoms with Crippen molar-refractivity contribution in [3.8, 4) is 11.5 Å². The Morgan fingerprint density at radius 2 is 2.07 bits per heavy atom. The summed E-state index contributed by atoms with van der Waals surface area (Å²) in [6.45, 7) is 1.83. The van der Waals surface area contributed by atoms with Gasteiger partial charge in [-0.05, 0) is 48.9 Å². The summed E-state index contributed by atoms with van der Waals surface area (Å²) in [5.41, 5.74) is 0.560. The number of phenolic OH excluding ortho intramolecular Hbond substituents is 1. The number of rotatable bonds is 9. The van der Waals surface area contributed by atoms with E-state index in [-0.39, 0.29) is 35.8 Å². The number of hydrogen-bond acceptors (Lipinski definition) is 7. The first-order valence-electron chi connectivity index (χ1n) is 8.51. The summed E-state index contributed by atoms with van der Waals surface area (Å²) in [6.07, 6.45) is 1.66. The molecule has 28 heavy (non-hydrogen) atoms. The Balaban J connectivity index is 2.01. The highest BCUT2D eigenvalue weighted by atomic mass is 32.2. The van der Waals surface area contributed by atoms with Gasteiger partial charge >= 0.3 is 5.97 Å². The number of carboxylic acid groups (broad SMARTS) is 1. The second-order valence-corrected chi connectivity index (χ2v) is 6.77. The molecule has 0 spiro atoms. The third kappa shape index (κ3) is 5.74. The molecule has 1 aromatic rings. The van der Waals surface area contributed by atoms with Crippen LogP contribution in [0.2, 0.25) is 0 Å². The Morgan fingerprint density at radius 3 is 2.75 bits per heavy atom. The molecule has 0 unspecified atom stereocenters. The molecule has 1 heterocycles. The van der Waals surface area contributed by atoms with Gasteiger partial charge in [-0.3, -0.25) is 24.1 Å². The van der Waals surface area contributed by atoms with Crippen LogP contribution in [-0.2, 0) is 14.4 Å². The van der Waals surface area contributed by atoms with Crippen molar-refractivity contribution in [2.75, 3.05) is 19.7 Å². The largest absolute Gasteiger partial charge is 0.504 e. The van der Waals surface area contributed by atoms with Gasteiger partial charge in [0.1, 0.15) is 6.54 Å². The fraction of sp³-hybridized carbons (Fsp3) is 0.333. The number of carboxylic acids is 1. The van der Waals surface area contributed by atoms with E-state index < -0.39 is 29.6 Å². The third-order valence-corrected chi connectivity index (χ3v) is 4.55. The number of hydrogen-bond donors (Lipinski definition) is 3. The summed E-state index contributed by atoms with van der Waals surface area (Å²) in [4.78, 5) is 47.8. The van der Waals surface area contributed by atoms with Crippen LogP contribution in [0, 0.1) is 0 Å². The van der Waals surface area contributed by atoms with Gasteiger partial charge in [-0.25, -0.2) is 0 Å². The molecule has 0 bridgehead atoms. The van der Waals surface area contributed by atoms with E-state index in [2.05, 4.69) is 5.32 Å². The maximum absolute atomic E-state index is 12.4. The molecule has 3 N–H and O–H groups in total. The number of thioether (sulfide) groups is 1. The number of phenols is 1. The van der Waals surface area contributed by atoms with Crippen LogP contribution in [-0.4, -0.2) is 57.8 Å². The average Bonchev–Trinajstić information content (AvgIpc) is 2.89. The predicted molar refractivity (Wildman–Crippen MR) is 102 cm³/mol. The lowest BCUT2D eigenvalue weighted by atomic mass is 10.2. The molecule has 0 atom stereocenters. The lowest BCUT2D eigenvalue weighted by molar-refractivity contribution is -0.137. The van der Waals surface area contributed by atoms with Gasteiger partial charge in [-0.2, -0.15) is 0 Å². The van der Waals surface area contributed by atoms with Crippen molar-refractivity contribution in [3.63, 3.8) is 0 Å². The summed E-state index contributed by atoms with van der Waals surface area (Å²) in [5.74, 6) is -1.88. The Kier molecular flexibility index (Phi) is 7.44. The van der Waals surface area contributed by atoms with Crippen molar-refractivity contribution < 1.29 is 34.1 Å². The van der Waals surface area contributed by atoms with Gasteiger partial charge in [0.2, 0.25) is 5.91 Å². The molecule has 1 saturated heterocycles. The second kappa shape index (κ2) is 9.79. The first kappa shape index (κ1) is 21.3. The summed E-state index contributed by atoms with van der Waals surface area (Å²) >= 11 is 0.712. The highest BCUT2D eigenvalue weighted by Crippen LogP contribution is 2.34. The smallest absolute Gasteiger partial charge is 0.303 e. The zero-order valence-corrected chi connectivity index (χ0v) is 16.0. The predicted octanol–water partition coefficient (Wildman–Crippen LogP) is 1.81. The van der Waals surface area contributed by atoms with E-state index >= 15 is 0 Å². The monoisotopic (exact) mass is 408 g/mol. The van der Waals surface area contributed by atoms with Crippen molar-refractivity contribution in [2.45, 2.75) is 19.8 Å². The number of nitrogens with one attached hydrogen (secondary N) is 1. The minimum atomic E-state index is -0.966. The number of ether oxygens (including phenoxy) is 1. The molecule has 0 saturated carbocycles. The van der Waals surface area contributed by atoms with Crippen LogP contribution >= 0.6 is 11.8 Å². The van der Waals surface area contributed by atoms with E-state index in [0.29, 0.717) is 23.9 Å². The zero-order chi connectivity index (χ0) is 20.7. The fourth-order valence-corrected chi connectivity index (χ4v) is 3.18. The lowest BCUT2D eigenvalue weighted by Gasteiger charge is -2.12. The third-order valence-electron chi connectivity index (χ3n) is 3.65. The van der Waals surface area contributed by atoms with Crippen LogP contribution in [0.15, 0.2) is 23.1 Å². The summed E-state index contributed by atoms with van der Waals surface area (Å²) < 4.78 is 5.29. The number of imide groups is 1. The van der Waals surface area contributed by atoms with Gasteiger partial charge in [0.15, 0.2) is 11.5 Å². The molecule has 10 heteroatoms. The first-order chi connectivity index (χ1) is 13.3. The molecule has 2 rings (SSSR count). The van der Waals surface area contributed by atoms with Gasteiger partial charge in [-0.1, -0.05) is 6.07 Å². The average molecular weight is 408 g/mol. The van der Waals surface area contributed by atoms with Crippen LogP contribution in [0.1, 0.15) is 25.3 Å². The molecule has 1 fully saturated rings. The van der Waals surface area contributed by atoms with Crippen LogP contribution in [0.3, 0.4) is 0 Å². The Labute approximate surface area is 165 Å². The van der Waals surface area contributed by atoms with Crippen molar-refractivity contribution in [1.82, 2.24) is 10.2 Å². The molecular weight excluding hydrogens is 388 g/mol. The van der Waals surface area contributed by atoms with Crippen LogP contribution in [0.4, 0.5) is 4.79 Å². The van der Waals surface area contributed by atoms with E-state index in [1.54, 1.807) is 19.1 Å². The Bertz CT molecular complexity index is 822. The second-order valence-electron chi connectivity index (χ2n) is 5.78. The molecule has 9 nitrogen and oxygen atoms in total. The standard InChI is InChI=1S/C18H20N2O7S/c1-2-27-13-8-11(5-6-12(13)21)9-14-17(25)20(18(26)28-14)10-15(22)19-7-3-4-16(23)24/h5-6,8-9,21H,2-4,7,10H2,1H3,(H,19,22)(H,23,24)/b14-9-. The van der Waals surface area contributed by atoms with E-state index in [9.17, 15) is 24.3 Å². The molecule has 1 aliphatic rings. The minimum absolute atomic E-state index is 0.0355. The minimum Gasteiger partial charge on any atom is -0.504 e. The molecule has 0 aromatic heterocycles. The van der Waals surface area contributed by atoms with Gasteiger partial charge in [0.25, 0.3) is 11.1 Å². The quantitative estimate of drug-likeness (QED) is 0.416. The molecule has 0 radical (unpaired) electrons. The van der Waals surface area contributed by atoms with Gasteiger partial charge in [-0.15, -0.1) is 0 Å². The highest BCUT2D eigenvalue weighted by Gasteiger charge is 2.36. The molecule has 150 valence electrons. The zero-order valence-electron chi connectivity index (χ0n) is 15.1. The summed E-state index contributed by atoms with van der Waals surface area (Å²) in [6, 6.07) is 4.54. The Morgan fingerprint density at radius 1 is 1.32 bits per heavy atom. The number of carbonyl (C=O) groups excluding carboxylic acids is 3. The summed E-state index contributed by atoms with van der Waals surface area (Å²) in [7, 11) is 0. The van der Waals surface area contributed by atoms with Crippen molar-refractivity contribution in [2.24, 2.45) is 0 Å². The van der Waals surface area contributed by atoms with Gasteiger partial charge in [0.05, 0.1) is 11.5 Å². The van der Waals surface area contributed by atoms with Crippen molar-refractivity contribution >= 4 is 40.9 Å². The maximum Gasteiger partial charge on any atom is 0.303 e. The van der Waals surface area contributed by atoms with Crippen LogP contribution < -0.4 is 10.1 Å². The number of benzene rings is 1. The van der Waals surface area contributed by atoms with Gasteiger partial charge < -0.3 is 20.3 Å². The molecule has 1 aromatic carbocycles. The molecule has 1 aliphatic heterocycles. The number of amides is 3. The van der Waals surface area contributed by atoms with E-state index in [1.807, 2.05) is 0 Å². The Hall–Kier alpha value is -3.01. The number of aliphatic carboxylic acids is 1. The molecule has 0 aliphatic carbocycles. The molecular formula is C18H20N2O7S. The summed E-state index contributed by atoms with van der Waals surface area (Å²) in [5, 5.41) is 20.2. The van der Waals surface area contributed by atoms with Crippen molar-refractivity contribution in [3.05, 3.63) is 28.7 Å². The SMILES string of the molecule is CCOc1cc(/C=C2\SC(=O)N(CC(=O)NCCCC(=O)O)C2=O)ccc1O. The van der Waals surface area contributed by atoms with E-state index in [4.69, 9.17) is 9.84 Å². The van der Waals surface area contributed by atoms with Crippen LogP contribution in [0.25, 0.3) is 6.08 Å². The number of carbonyl (C=O) groups is 4. The normalized spacial score (nSPS) is 15.2. The topological polar surface area (TPSA) is 133 Å².